The van der Waals surface area contributed by atoms with E-state index in [-0.39, 0.29) is 11.9 Å². The maximum atomic E-state index is 12.6. The first-order chi connectivity index (χ1) is 9.57. The Kier molecular flexibility index (Phi) is 5.18. The van der Waals surface area contributed by atoms with Gasteiger partial charge in [-0.1, -0.05) is 28.1 Å². The molecule has 110 valence electrons. The van der Waals surface area contributed by atoms with Crippen LogP contribution in [0, 0.1) is 5.41 Å². The van der Waals surface area contributed by atoms with Crippen LogP contribution in [-0.2, 0) is 9.53 Å². The average Bonchev–Trinajstić information content (AvgIpc) is 2.89. The fourth-order valence-corrected chi connectivity index (χ4v) is 2.85. The molecule has 2 unspecified atom stereocenters. The van der Waals surface area contributed by atoms with Gasteiger partial charge in [-0.15, -0.1) is 0 Å². The quantitative estimate of drug-likeness (QED) is 0.864. The van der Waals surface area contributed by atoms with Crippen molar-refractivity contribution >= 4 is 21.8 Å². The number of rotatable bonds is 5. The zero-order valence-electron chi connectivity index (χ0n) is 11.9. The first-order valence-electron chi connectivity index (χ1n) is 6.83. The lowest BCUT2D eigenvalue weighted by molar-refractivity contribution is -0.133. The molecule has 0 aromatic heterocycles. The Morgan fingerprint density at radius 1 is 1.50 bits per heavy atom. The number of hydrogen-bond acceptors (Lipinski definition) is 3. The topological polar surface area (TPSA) is 50.4 Å². The van der Waals surface area contributed by atoms with Gasteiger partial charge < -0.3 is 15.4 Å². The zero-order valence-corrected chi connectivity index (χ0v) is 13.5. The van der Waals surface area contributed by atoms with Crippen LogP contribution in [0.3, 0.4) is 0 Å². The van der Waals surface area contributed by atoms with E-state index in [0.717, 1.165) is 23.0 Å². The summed E-state index contributed by atoms with van der Waals surface area (Å²) in [5, 5.41) is 6.36. The summed E-state index contributed by atoms with van der Waals surface area (Å²) in [7, 11) is 1.64. The summed E-state index contributed by atoms with van der Waals surface area (Å²) in [6.45, 7) is 4.01. The normalized spacial score (nSPS) is 23.6. The van der Waals surface area contributed by atoms with Crippen molar-refractivity contribution in [2.24, 2.45) is 5.41 Å². The fourth-order valence-electron chi connectivity index (χ4n) is 2.59. The lowest BCUT2D eigenvalue weighted by atomic mass is 9.86. The first-order valence-corrected chi connectivity index (χ1v) is 7.63. The molecule has 20 heavy (non-hydrogen) atoms. The second kappa shape index (κ2) is 6.70. The minimum atomic E-state index is -0.432. The van der Waals surface area contributed by atoms with Crippen LogP contribution in [0.25, 0.3) is 0 Å². The molecular formula is C15H21BrN2O2. The van der Waals surface area contributed by atoms with Crippen molar-refractivity contribution in [3.63, 3.8) is 0 Å². The van der Waals surface area contributed by atoms with Crippen molar-refractivity contribution in [2.45, 2.75) is 19.4 Å². The van der Waals surface area contributed by atoms with Crippen molar-refractivity contribution in [3.05, 3.63) is 34.3 Å². The molecule has 1 aromatic rings. The zero-order chi connectivity index (χ0) is 14.6. The van der Waals surface area contributed by atoms with E-state index in [0.29, 0.717) is 13.2 Å². The summed E-state index contributed by atoms with van der Waals surface area (Å²) >= 11 is 3.42. The number of carbonyl (C=O) groups excluding carboxylic acids is 1. The Bertz CT molecular complexity index is 455. The van der Waals surface area contributed by atoms with Crippen LogP contribution < -0.4 is 10.6 Å². The third-order valence-corrected chi connectivity index (χ3v) is 4.39. The summed E-state index contributed by atoms with van der Waals surface area (Å²) < 4.78 is 6.28. The molecule has 1 aromatic carbocycles. The lowest BCUT2D eigenvalue weighted by Crippen LogP contribution is -2.46. The molecule has 0 aliphatic carbocycles. The number of benzene rings is 1. The van der Waals surface area contributed by atoms with E-state index in [1.54, 1.807) is 7.11 Å². The van der Waals surface area contributed by atoms with Gasteiger partial charge in [0.2, 0.25) is 5.91 Å². The number of halogens is 1. The van der Waals surface area contributed by atoms with Crippen molar-refractivity contribution in [3.8, 4) is 0 Å². The number of hydrogen-bond donors (Lipinski definition) is 2. The van der Waals surface area contributed by atoms with E-state index in [4.69, 9.17) is 4.74 Å². The van der Waals surface area contributed by atoms with Crippen LogP contribution in [0.5, 0.6) is 0 Å². The van der Waals surface area contributed by atoms with Crippen molar-refractivity contribution in [2.75, 3.05) is 26.8 Å². The largest absolute Gasteiger partial charge is 0.384 e. The van der Waals surface area contributed by atoms with Crippen LogP contribution in [-0.4, -0.2) is 32.7 Å². The van der Waals surface area contributed by atoms with Crippen LogP contribution >= 0.6 is 15.9 Å². The molecule has 1 aliphatic rings. The smallest absolute Gasteiger partial charge is 0.230 e. The first kappa shape index (κ1) is 15.5. The van der Waals surface area contributed by atoms with E-state index < -0.39 is 5.41 Å². The summed E-state index contributed by atoms with van der Waals surface area (Å²) in [4.78, 5) is 12.6. The number of ether oxygens (including phenoxy) is 1. The Labute approximate surface area is 128 Å². The average molecular weight is 341 g/mol. The highest BCUT2D eigenvalue weighted by atomic mass is 79.9. The van der Waals surface area contributed by atoms with Gasteiger partial charge in [0.15, 0.2) is 0 Å². The van der Waals surface area contributed by atoms with Gasteiger partial charge in [-0.3, -0.25) is 4.79 Å². The van der Waals surface area contributed by atoms with Crippen LogP contribution in [0.1, 0.15) is 24.9 Å². The van der Waals surface area contributed by atoms with Gasteiger partial charge in [-0.25, -0.2) is 0 Å². The Morgan fingerprint density at radius 2 is 2.20 bits per heavy atom. The monoisotopic (exact) mass is 340 g/mol. The summed E-state index contributed by atoms with van der Waals surface area (Å²) in [5.41, 5.74) is 0.665. The molecule has 0 saturated carbocycles. The van der Waals surface area contributed by atoms with E-state index in [1.807, 2.05) is 31.2 Å². The highest BCUT2D eigenvalue weighted by Crippen LogP contribution is 2.27. The van der Waals surface area contributed by atoms with Gasteiger partial charge in [0.05, 0.1) is 18.1 Å². The molecule has 1 fully saturated rings. The third-order valence-electron chi connectivity index (χ3n) is 3.86. The summed E-state index contributed by atoms with van der Waals surface area (Å²) in [6.07, 6.45) is 0.819. The van der Waals surface area contributed by atoms with Gasteiger partial charge in [-0.2, -0.15) is 0 Å². The van der Waals surface area contributed by atoms with E-state index >= 15 is 0 Å². The molecular weight excluding hydrogens is 320 g/mol. The summed E-state index contributed by atoms with van der Waals surface area (Å²) in [5.74, 6) is 0.0692. The lowest BCUT2D eigenvalue weighted by Gasteiger charge is -2.28. The Hall–Kier alpha value is -0.910. The number of methoxy groups -OCH3 is 1. The predicted molar refractivity (Wildman–Crippen MR) is 82.5 cm³/mol. The molecule has 0 spiro atoms. The second-order valence-electron chi connectivity index (χ2n) is 5.39. The number of carbonyl (C=O) groups is 1. The molecule has 5 heteroatoms. The molecule has 2 N–H and O–H groups in total. The standard InChI is InChI=1S/C15H21BrN2O2/c1-11(12-3-5-13(16)6-4-12)18-14(19)15(10-20-2)7-8-17-9-15/h3-6,11,17H,7-10H2,1-2H3,(H,18,19). The van der Waals surface area contributed by atoms with E-state index in [1.165, 1.54) is 0 Å². The van der Waals surface area contributed by atoms with Crippen LogP contribution in [0.2, 0.25) is 0 Å². The van der Waals surface area contributed by atoms with Crippen molar-refractivity contribution < 1.29 is 9.53 Å². The minimum absolute atomic E-state index is 0.00932. The van der Waals surface area contributed by atoms with Gasteiger partial charge in [0, 0.05) is 18.1 Å². The van der Waals surface area contributed by atoms with Crippen LogP contribution in [0.4, 0.5) is 0 Å². The van der Waals surface area contributed by atoms with Crippen molar-refractivity contribution in [1.82, 2.24) is 10.6 Å². The second-order valence-corrected chi connectivity index (χ2v) is 6.30. The molecule has 0 bridgehead atoms. The van der Waals surface area contributed by atoms with Gasteiger partial charge in [0.25, 0.3) is 0 Å². The molecule has 1 aliphatic heterocycles. The van der Waals surface area contributed by atoms with Crippen molar-refractivity contribution in [1.29, 1.82) is 0 Å². The molecule has 0 radical (unpaired) electrons. The molecule has 1 heterocycles. The molecule has 1 saturated heterocycles. The molecule has 2 atom stereocenters. The molecule has 4 nitrogen and oxygen atoms in total. The van der Waals surface area contributed by atoms with Gasteiger partial charge in [-0.05, 0) is 37.6 Å². The Morgan fingerprint density at radius 3 is 2.75 bits per heavy atom. The van der Waals surface area contributed by atoms with Gasteiger partial charge >= 0.3 is 0 Å². The molecule has 2 rings (SSSR count). The summed E-state index contributed by atoms with van der Waals surface area (Å²) in [6, 6.07) is 8.00. The van der Waals surface area contributed by atoms with Crippen LogP contribution in [0.15, 0.2) is 28.7 Å². The fraction of sp³-hybridized carbons (Fsp3) is 0.533. The SMILES string of the molecule is COCC1(C(=O)NC(C)c2ccc(Br)cc2)CCNC1. The number of nitrogens with one attached hydrogen (secondary N) is 2. The maximum absolute atomic E-state index is 12.6. The maximum Gasteiger partial charge on any atom is 0.230 e. The Balaban J connectivity index is 2.04. The molecule has 1 amide bonds. The van der Waals surface area contributed by atoms with Gasteiger partial charge in [0.1, 0.15) is 0 Å². The predicted octanol–water partition coefficient (Wildman–Crippen LogP) is 2.25. The highest BCUT2D eigenvalue weighted by molar-refractivity contribution is 9.10. The third kappa shape index (κ3) is 3.40. The highest BCUT2D eigenvalue weighted by Gasteiger charge is 2.41. The van der Waals surface area contributed by atoms with E-state index in [9.17, 15) is 4.79 Å². The van der Waals surface area contributed by atoms with E-state index in [2.05, 4.69) is 26.6 Å². The number of amides is 1. The minimum Gasteiger partial charge on any atom is -0.384 e.